The van der Waals surface area contributed by atoms with Crippen molar-refractivity contribution in [3.05, 3.63) is 0 Å². The van der Waals surface area contributed by atoms with E-state index in [4.69, 9.17) is 4.74 Å². The van der Waals surface area contributed by atoms with Gasteiger partial charge in [-0.05, 0) is 31.6 Å². The SMILES string of the molecule is O[C@@H](C1CCCCC1)[C@H]1CCCO1. The Labute approximate surface area is 80.3 Å². The highest BCUT2D eigenvalue weighted by Crippen LogP contribution is 2.31. The first-order valence-corrected chi connectivity index (χ1v) is 5.67. The van der Waals surface area contributed by atoms with E-state index in [0.717, 1.165) is 19.4 Å². The van der Waals surface area contributed by atoms with Crippen LogP contribution in [0.3, 0.4) is 0 Å². The molecule has 2 atom stereocenters. The van der Waals surface area contributed by atoms with Crippen molar-refractivity contribution in [3.63, 3.8) is 0 Å². The zero-order valence-electron chi connectivity index (χ0n) is 8.24. The Hall–Kier alpha value is -0.0800. The lowest BCUT2D eigenvalue weighted by atomic mass is 9.83. The normalized spacial score (nSPS) is 33.5. The van der Waals surface area contributed by atoms with Gasteiger partial charge in [0.15, 0.2) is 0 Å². The van der Waals surface area contributed by atoms with Crippen molar-refractivity contribution in [2.45, 2.75) is 57.2 Å². The molecule has 0 unspecified atom stereocenters. The molecule has 0 aromatic carbocycles. The van der Waals surface area contributed by atoms with Gasteiger partial charge in [-0.25, -0.2) is 0 Å². The average Bonchev–Trinajstić information content (AvgIpc) is 2.71. The van der Waals surface area contributed by atoms with Crippen LogP contribution in [0.25, 0.3) is 0 Å². The first-order valence-electron chi connectivity index (χ1n) is 5.67. The molecule has 2 fully saturated rings. The van der Waals surface area contributed by atoms with E-state index < -0.39 is 0 Å². The van der Waals surface area contributed by atoms with Crippen molar-refractivity contribution in [1.82, 2.24) is 0 Å². The van der Waals surface area contributed by atoms with Crippen LogP contribution in [0.15, 0.2) is 0 Å². The third-order valence-corrected chi connectivity index (χ3v) is 3.48. The summed E-state index contributed by atoms with van der Waals surface area (Å²) in [6.45, 7) is 0.856. The van der Waals surface area contributed by atoms with E-state index in [1.165, 1.54) is 32.1 Å². The minimum absolute atomic E-state index is 0.156. The summed E-state index contributed by atoms with van der Waals surface area (Å²) in [5, 5.41) is 10.0. The van der Waals surface area contributed by atoms with E-state index in [1.807, 2.05) is 0 Å². The molecule has 1 aliphatic carbocycles. The topological polar surface area (TPSA) is 29.5 Å². The van der Waals surface area contributed by atoms with Crippen molar-refractivity contribution in [1.29, 1.82) is 0 Å². The van der Waals surface area contributed by atoms with Crippen LogP contribution in [0.2, 0.25) is 0 Å². The summed E-state index contributed by atoms with van der Waals surface area (Å²) in [6.07, 6.45) is 8.55. The highest BCUT2D eigenvalue weighted by atomic mass is 16.5. The summed E-state index contributed by atoms with van der Waals surface area (Å²) in [6, 6.07) is 0. The van der Waals surface area contributed by atoms with Gasteiger partial charge < -0.3 is 9.84 Å². The molecule has 76 valence electrons. The number of aliphatic hydroxyl groups is 1. The van der Waals surface area contributed by atoms with Crippen LogP contribution in [0.4, 0.5) is 0 Å². The molecule has 0 amide bonds. The molecule has 1 saturated heterocycles. The van der Waals surface area contributed by atoms with Gasteiger partial charge in [-0.2, -0.15) is 0 Å². The summed E-state index contributed by atoms with van der Waals surface area (Å²) >= 11 is 0. The zero-order valence-corrected chi connectivity index (χ0v) is 8.24. The third-order valence-electron chi connectivity index (χ3n) is 3.48. The average molecular weight is 184 g/mol. The van der Waals surface area contributed by atoms with Crippen LogP contribution in [0.1, 0.15) is 44.9 Å². The summed E-state index contributed by atoms with van der Waals surface area (Å²) in [5.74, 6) is 0.525. The first-order chi connectivity index (χ1) is 6.38. The molecule has 0 aromatic rings. The van der Waals surface area contributed by atoms with Crippen molar-refractivity contribution in [3.8, 4) is 0 Å². The molecular formula is C11H20O2. The smallest absolute Gasteiger partial charge is 0.0837 e. The molecule has 1 N–H and O–H groups in total. The van der Waals surface area contributed by atoms with E-state index >= 15 is 0 Å². The largest absolute Gasteiger partial charge is 0.390 e. The summed E-state index contributed by atoms with van der Waals surface area (Å²) in [7, 11) is 0. The van der Waals surface area contributed by atoms with Gasteiger partial charge in [0.1, 0.15) is 0 Å². The molecule has 1 saturated carbocycles. The highest BCUT2D eigenvalue weighted by molar-refractivity contribution is 4.81. The Bertz CT molecular complexity index is 146. The minimum atomic E-state index is -0.178. The molecule has 1 heterocycles. The molecule has 0 bridgehead atoms. The van der Waals surface area contributed by atoms with Gasteiger partial charge >= 0.3 is 0 Å². The Morgan fingerprint density at radius 2 is 1.77 bits per heavy atom. The quantitative estimate of drug-likeness (QED) is 0.712. The van der Waals surface area contributed by atoms with Crippen molar-refractivity contribution in [2.75, 3.05) is 6.61 Å². The zero-order chi connectivity index (χ0) is 9.10. The van der Waals surface area contributed by atoms with Gasteiger partial charge in [0.2, 0.25) is 0 Å². The summed E-state index contributed by atoms with van der Waals surface area (Å²) in [4.78, 5) is 0. The maximum Gasteiger partial charge on any atom is 0.0837 e. The van der Waals surface area contributed by atoms with E-state index in [2.05, 4.69) is 0 Å². The minimum Gasteiger partial charge on any atom is -0.390 e. The van der Waals surface area contributed by atoms with Crippen molar-refractivity contribution in [2.24, 2.45) is 5.92 Å². The van der Waals surface area contributed by atoms with E-state index in [1.54, 1.807) is 0 Å². The number of hydrogen-bond donors (Lipinski definition) is 1. The molecule has 2 aliphatic rings. The number of rotatable bonds is 2. The molecule has 1 aliphatic heterocycles. The van der Waals surface area contributed by atoms with Crippen LogP contribution in [-0.2, 0) is 4.74 Å². The van der Waals surface area contributed by atoms with Crippen LogP contribution in [-0.4, -0.2) is 23.9 Å². The Balaban J connectivity index is 1.83. The standard InChI is InChI=1S/C11H20O2/c12-11(10-7-4-8-13-10)9-5-2-1-3-6-9/h9-12H,1-8H2/t10-,11+/m1/s1. The predicted octanol–water partition coefficient (Wildman–Crippen LogP) is 2.11. The molecule has 2 heteroatoms. The Morgan fingerprint density at radius 1 is 1.00 bits per heavy atom. The fourth-order valence-corrected chi connectivity index (χ4v) is 2.65. The molecular weight excluding hydrogens is 164 g/mol. The number of ether oxygens (including phenoxy) is 1. The number of hydrogen-bond acceptors (Lipinski definition) is 2. The summed E-state index contributed by atoms with van der Waals surface area (Å²) in [5.41, 5.74) is 0. The van der Waals surface area contributed by atoms with Gasteiger partial charge in [-0.3, -0.25) is 0 Å². The van der Waals surface area contributed by atoms with Crippen LogP contribution < -0.4 is 0 Å². The van der Waals surface area contributed by atoms with E-state index in [0.29, 0.717) is 5.92 Å². The number of aliphatic hydroxyl groups excluding tert-OH is 1. The van der Waals surface area contributed by atoms with Crippen molar-refractivity contribution < 1.29 is 9.84 Å². The molecule has 0 spiro atoms. The summed E-state index contributed by atoms with van der Waals surface area (Å²) < 4.78 is 5.52. The lowest BCUT2D eigenvalue weighted by molar-refractivity contribution is -0.0401. The first kappa shape index (κ1) is 9.47. The monoisotopic (exact) mass is 184 g/mol. The van der Waals surface area contributed by atoms with Gasteiger partial charge in [-0.15, -0.1) is 0 Å². The highest BCUT2D eigenvalue weighted by Gasteiger charge is 2.31. The van der Waals surface area contributed by atoms with E-state index in [9.17, 15) is 5.11 Å². The second kappa shape index (κ2) is 4.43. The lowest BCUT2D eigenvalue weighted by Gasteiger charge is -2.29. The second-order valence-electron chi connectivity index (χ2n) is 4.44. The van der Waals surface area contributed by atoms with Gasteiger partial charge in [0.25, 0.3) is 0 Å². The van der Waals surface area contributed by atoms with E-state index in [-0.39, 0.29) is 12.2 Å². The second-order valence-corrected chi connectivity index (χ2v) is 4.44. The Morgan fingerprint density at radius 3 is 2.38 bits per heavy atom. The fraction of sp³-hybridized carbons (Fsp3) is 1.00. The molecule has 0 radical (unpaired) electrons. The van der Waals surface area contributed by atoms with Crippen LogP contribution >= 0.6 is 0 Å². The molecule has 13 heavy (non-hydrogen) atoms. The Kier molecular flexibility index (Phi) is 3.23. The molecule has 2 nitrogen and oxygen atoms in total. The van der Waals surface area contributed by atoms with Gasteiger partial charge in [0, 0.05) is 6.61 Å². The molecule has 2 rings (SSSR count). The van der Waals surface area contributed by atoms with Crippen molar-refractivity contribution >= 4 is 0 Å². The third kappa shape index (κ3) is 2.23. The van der Waals surface area contributed by atoms with Crippen LogP contribution in [0.5, 0.6) is 0 Å². The van der Waals surface area contributed by atoms with Gasteiger partial charge in [0.05, 0.1) is 12.2 Å². The predicted molar refractivity (Wildman–Crippen MR) is 51.6 cm³/mol. The fourth-order valence-electron chi connectivity index (χ4n) is 2.65. The van der Waals surface area contributed by atoms with Crippen LogP contribution in [0, 0.1) is 5.92 Å². The maximum absolute atomic E-state index is 10.0. The lowest BCUT2D eigenvalue weighted by Crippen LogP contribution is -2.34. The maximum atomic E-state index is 10.0. The van der Waals surface area contributed by atoms with Gasteiger partial charge in [-0.1, -0.05) is 19.3 Å². The molecule has 0 aromatic heterocycles.